The largest absolute Gasteiger partial charge is 0.0683 e. The molecule has 2 fully saturated rings. The zero-order chi connectivity index (χ0) is 11.4. The van der Waals surface area contributed by atoms with Gasteiger partial charge in [0.25, 0.3) is 0 Å². The molecule has 0 aromatic rings. The number of hydrogen-bond acceptors (Lipinski definition) is 0. The molecule has 2 saturated carbocycles. The minimum Gasteiger partial charge on any atom is -0.0683 e. The molecule has 0 heterocycles. The molecule has 1 spiro atoms. The highest BCUT2D eigenvalue weighted by Gasteiger charge is 2.38. The third kappa shape index (κ3) is 3.50. The molecule has 0 amide bonds. The van der Waals surface area contributed by atoms with E-state index in [1.165, 1.54) is 44.9 Å². The highest BCUT2D eigenvalue weighted by molar-refractivity contribution is 4.90. The van der Waals surface area contributed by atoms with Crippen molar-refractivity contribution >= 4 is 0 Å². The first-order valence-electron chi connectivity index (χ1n) is 7.12. The van der Waals surface area contributed by atoms with E-state index in [1.54, 1.807) is 12.8 Å². The fourth-order valence-corrected chi connectivity index (χ4v) is 3.26. The Hall–Kier alpha value is 0. The maximum atomic E-state index is 2.45. The fourth-order valence-electron chi connectivity index (χ4n) is 3.26. The molecule has 0 radical (unpaired) electrons. The van der Waals surface area contributed by atoms with E-state index >= 15 is 0 Å². The summed E-state index contributed by atoms with van der Waals surface area (Å²) in [6, 6.07) is 0. The van der Waals surface area contributed by atoms with Crippen LogP contribution in [-0.2, 0) is 0 Å². The predicted molar refractivity (Wildman–Crippen MR) is 69.1 cm³/mol. The van der Waals surface area contributed by atoms with Gasteiger partial charge in [0.2, 0.25) is 0 Å². The zero-order valence-electron chi connectivity index (χ0n) is 11.4. The Kier molecular flexibility index (Phi) is 4.67. The molecule has 0 aliphatic heterocycles. The molecule has 2 aliphatic carbocycles. The molecule has 0 atom stereocenters. The van der Waals surface area contributed by atoms with Gasteiger partial charge < -0.3 is 0 Å². The van der Waals surface area contributed by atoms with Gasteiger partial charge in [-0.3, -0.25) is 0 Å². The molecule has 90 valence electrons. The Bertz CT molecular complexity index is 160. The Morgan fingerprint density at radius 2 is 1.07 bits per heavy atom. The van der Waals surface area contributed by atoms with Gasteiger partial charge in [0.05, 0.1) is 0 Å². The second-order valence-electron chi connectivity index (χ2n) is 6.22. The average molecular weight is 210 g/mol. The minimum absolute atomic E-state index is 0.655. The van der Waals surface area contributed by atoms with Gasteiger partial charge in [-0.15, -0.1) is 0 Å². The van der Waals surface area contributed by atoms with Crippen molar-refractivity contribution in [3.8, 4) is 0 Å². The van der Waals surface area contributed by atoms with Gasteiger partial charge in [0.1, 0.15) is 0 Å². The summed E-state index contributed by atoms with van der Waals surface area (Å²) in [4.78, 5) is 0. The normalized spacial score (nSPS) is 28.0. The van der Waals surface area contributed by atoms with Crippen LogP contribution in [0.25, 0.3) is 0 Å². The van der Waals surface area contributed by atoms with Crippen molar-refractivity contribution in [3.63, 3.8) is 0 Å². The van der Waals surface area contributed by atoms with Crippen molar-refractivity contribution in [1.82, 2.24) is 0 Å². The first-order valence-corrected chi connectivity index (χ1v) is 7.12. The number of rotatable bonds is 0. The maximum Gasteiger partial charge on any atom is -0.0297 e. The molecule has 0 aromatic heterocycles. The molecule has 0 saturated heterocycles. The molecular weight excluding hydrogens is 180 g/mol. The Balaban J connectivity index is 0.000000531. The van der Waals surface area contributed by atoms with E-state index in [2.05, 4.69) is 13.8 Å². The second-order valence-corrected chi connectivity index (χ2v) is 6.22. The third-order valence-electron chi connectivity index (χ3n) is 4.58. The predicted octanol–water partition coefficient (Wildman–Crippen LogP) is 5.56. The lowest BCUT2D eigenvalue weighted by atomic mass is 9.60. The van der Waals surface area contributed by atoms with E-state index in [-0.39, 0.29) is 0 Å². The monoisotopic (exact) mass is 210 g/mol. The molecule has 0 nitrogen and oxygen atoms in total. The van der Waals surface area contributed by atoms with E-state index < -0.39 is 0 Å². The summed E-state index contributed by atoms with van der Waals surface area (Å²) < 4.78 is 0. The molecule has 2 rings (SSSR count). The van der Waals surface area contributed by atoms with Crippen LogP contribution in [0.5, 0.6) is 0 Å². The SMILES string of the molecule is CC.CC1(C)CCC2(CCCCC2)CC1. The standard InChI is InChI=1S/C13H24.C2H6/c1-12(2)8-10-13(11-9-12)6-4-3-5-7-13;1-2/h3-11H2,1-2H3;1-2H3. The van der Waals surface area contributed by atoms with Gasteiger partial charge in [-0.25, -0.2) is 0 Å². The third-order valence-corrected chi connectivity index (χ3v) is 4.58. The average Bonchev–Trinajstić information content (AvgIpc) is 2.28. The van der Waals surface area contributed by atoms with Gasteiger partial charge in [0, 0.05) is 0 Å². The maximum absolute atomic E-state index is 2.45. The highest BCUT2D eigenvalue weighted by atomic mass is 14.4. The van der Waals surface area contributed by atoms with E-state index in [9.17, 15) is 0 Å². The van der Waals surface area contributed by atoms with Gasteiger partial charge >= 0.3 is 0 Å². The van der Waals surface area contributed by atoms with E-state index in [1.807, 2.05) is 13.8 Å². The quantitative estimate of drug-likeness (QED) is 0.491. The minimum atomic E-state index is 0.655. The van der Waals surface area contributed by atoms with Crippen molar-refractivity contribution < 1.29 is 0 Å². The zero-order valence-corrected chi connectivity index (χ0v) is 11.4. The van der Waals surface area contributed by atoms with E-state index in [0.29, 0.717) is 5.41 Å². The van der Waals surface area contributed by atoms with Crippen LogP contribution in [-0.4, -0.2) is 0 Å². The molecular formula is C15H30. The van der Waals surface area contributed by atoms with Gasteiger partial charge in [-0.1, -0.05) is 47.0 Å². The highest BCUT2D eigenvalue weighted by Crippen LogP contribution is 2.52. The van der Waals surface area contributed by atoms with Gasteiger partial charge in [-0.05, 0) is 49.4 Å². The summed E-state index contributed by atoms with van der Waals surface area (Å²) in [5.41, 5.74) is 1.47. The summed E-state index contributed by atoms with van der Waals surface area (Å²) >= 11 is 0. The lowest BCUT2D eigenvalue weighted by Crippen LogP contribution is -2.32. The number of hydrogen-bond donors (Lipinski definition) is 0. The lowest BCUT2D eigenvalue weighted by Gasteiger charge is -2.46. The lowest BCUT2D eigenvalue weighted by molar-refractivity contribution is 0.0642. The molecule has 0 unspecified atom stereocenters. The summed E-state index contributed by atoms with van der Waals surface area (Å²) in [5.74, 6) is 0. The summed E-state index contributed by atoms with van der Waals surface area (Å²) in [6.07, 6.45) is 13.6. The summed E-state index contributed by atoms with van der Waals surface area (Å²) in [5, 5.41) is 0. The van der Waals surface area contributed by atoms with Crippen molar-refractivity contribution in [2.75, 3.05) is 0 Å². The van der Waals surface area contributed by atoms with E-state index in [0.717, 1.165) is 5.41 Å². The Morgan fingerprint density at radius 3 is 1.53 bits per heavy atom. The Labute approximate surface area is 96.8 Å². The van der Waals surface area contributed by atoms with Crippen LogP contribution in [0.4, 0.5) is 0 Å². The van der Waals surface area contributed by atoms with Crippen LogP contribution in [0, 0.1) is 10.8 Å². The van der Waals surface area contributed by atoms with Crippen LogP contribution in [0.15, 0.2) is 0 Å². The molecule has 0 N–H and O–H groups in total. The van der Waals surface area contributed by atoms with Crippen molar-refractivity contribution in [2.24, 2.45) is 10.8 Å². The first-order chi connectivity index (χ1) is 7.12. The molecule has 0 bridgehead atoms. The van der Waals surface area contributed by atoms with Crippen LogP contribution >= 0.6 is 0 Å². The van der Waals surface area contributed by atoms with Gasteiger partial charge in [-0.2, -0.15) is 0 Å². The van der Waals surface area contributed by atoms with Crippen LogP contribution in [0.1, 0.15) is 85.5 Å². The molecule has 2 aliphatic rings. The van der Waals surface area contributed by atoms with Crippen LogP contribution in [0.2, 0.25) is 0 Å². The smallest absolute Gasteiger partial charge is 0.0297 e. The van der Waals surface area contributed by atoms with Crippen molar-refractivity contribution in [1.29, 1.82) is 0 Å². The Morgan fingerprint density at radius 1 is 0.600 bits per heavy atom. The fraction of sp³-hybridized carbons (Fsp3) is 1.00. The summed E-state index contributed by atoms with van der Waals surface area (Å²) in [7, 11) is 0. The van der Waals surface area contributed by atoms with Gasteiger partial charge in [0.15, 0.2) is 0 Å². The molecule has 0 aromatic carbocycles. The molecule has 0 heteroatoms. The first kappa shape index (κ1) is 13.1. The van der Waals surface area contributed by atoms with Crippen molar-refractivity contribution in [3.05, 3.63) is 0 Å². The summed E-state index contributed by atoms with van der Waals surface area (Å²) in [6.45, 7) is 8.89. The second kappa shape index (κ2) is 5.37. The van der Waals surface area contributed by atoms with Crippen LogP contribution < -0.4 is 0 Å². The topological polar surface area (TPSA) is 0 Å². The van der Waals surface area contributed by atoms with Crippen molar-refractivity contribution in [2.45, 2.75) is 85.5 Å². The van der Waals surface area contributed by atoms with E-state index in [4.69, 9.17) is 0 Å². The molecule has 15 heavy (non-hydrogen) atoms. The van der Waals surface area contributed by atoms with Crippen LogP contribution in [0.3, 0.4) is 0 Å².